The number of nitrogens with one attached hydrogen (secondary N) is 1. The maximum atomic E-state index is 12.5. The lowest BCUT2D eigenvalue weighted by Gasteiger charge is -2.34. The lowest BCUT2D eigenvalue weighted by molar-refractivity contribution is -0.130. The van der Waals surface area contributed by atoms with Gasteiger partial charge in [-0.25, -0.2) is 13.1 Å². The van der Waals surface area contributed by atoms with Crippen LogP contribution in [0.2, 0.25) is 0 Å². The van der Waals surface area contributed by atoms with E-state index in [0.29, 0.717) is 44.8 Å². The highest BCUT2D eigenvalue weighted by Crippen LogP contribution is 2.14. The molecule has 1 N–H and O–H groups in total. The fourth-order valence-electron chi connectivity index (χ4n) is 2.69. The minimum absolute atomic E-state index is 0.00431. The molecule has 0 saturated carbocycles. The van der Waals surface area contributed by atoms with Crippen molar-refractivity contribution in [1.82, 2.24) is 14.5 Å². The van der Waals surface area contributed by atoms with Gasteiger partial charge in [0.05, 0.1) is 4.90 Å². The molecule has 1 aromatic carbocycles. The molecule has 8 nitrogen and oxygen atoms in total. The van der Waals surface area contributed by atoms with Gasteiger partial charge in [-0.05, 0) is 30.7 Å². The number of carbonyl (C=O) groups is 2. The van der Waals surface area contributed by atoms with Gasteiger partial charge in [-0.1, -0.05) is 0 Å². The molecule has 0 atom stereocenters. The van der Waals surface area contributed by atoms with Crippen molar-refractivity contribution in [2.75, 3.05) is 46.4 Å². The molecule has 2 amide bonds. The number of hydrogen-bond donors (Lipinski definition) is 1. The van der Waals surface area contributed by atoms with E-state index >= 15 is 0 Å². The third kappa shape index (κ3) is 5.26. The van der Waals surface area contributed by atoms with Crippen LogP contribution in [0.25, 0.3) is 0 Å². The first kappa shape index (κ1) is 20.3. The van der Waals surface area contributed by atoms with Crippen molar-refractivity contribution in [2.45, 2.75) is 18.2 Å². The van der Waals surface area contributed by atoms with E-state index in [1.807, 2.05) is 0 Å². The molecular formula is C17H25N3O5S. The Labute approximate surface area is 154 Å². The fraction of sp³-hybridized carbons (Fsp3) is 0.529. The van der Waals surface area contributed by atoms with E-state index in [4.69, 9.17) is 4.74 Å². The lowest BCUT2D eigenvalue weighted by atomic mass is 10.2. The average molecular weight is 383 g/mol. The third-order valence-electron chi connectivity index (χ3n) is 4.24. The smallest absolute Gasteiger partial charge is 0.253 e. The number of benzene rings is 1. The van der Waals surface area contributed by atoms with Gasteiger partial charge >= 0.3 is 0 Å². The SMILES string of the molecule is COCCCNS(=O)(=O)c1ccc(C(=O)N2CCN(C(C)=O)CC2)cc1. The van der Waals surface area contributed by atoms with Gasteiger partial charge in [-0.3, -0.25) is 9.59 Å². The van der Waals surface area contributed by atoms with Crippen LogP contribution >= 0.6 is 0 Å². The van der Waals surface area contributed by atoms with E-state index in [2.05, 4.69) is 4.72 Å². The quantitative estimate of drug-likeness (QED) is 0.684. The van der Waals surface area contributed by atoms with Gasteiger partial charge in [0.2, 0.25) is 15.9 Å². The first-order valence-electron chi connectivity index (χ1n) is 8.48. The topological polar surface area (TPSA) is 96.0 Å². The number of hydrogen-bond acceptors (Lipinski definition) is 5. The second-order valence-corrected chi connectivity index (χ2v) is 7.83. The van der Waals surface area contributed by atoms with E-state index in [-0.39, 0.29) is 23.3 Å². The molecule has 1 aromatic rings. The molecule has 0 radical (unpaired) electrons. The van der Waals surface area contributed by atoms with Crippen LogP contribution in [0.1, 0.15) is 23.7 Å². The van der Waals surface area contributed by atoms with Crippen LogP contribution in [0.4, 0.5) is 0 Å². The highest BCUT2D eigenvalue weighted by atomic mass is 32.2. The minimum Gasteiger partial charge on any atom is -0.385 e. The van der Waals surface area contributed by atoms with Gasteiger partial charge < -0.3 is 14.5 Å². The Morgan fingerprint density at radius 3 is 2.19 bits per heavy atom. The second kappa shape index (κ2) is 9.11. The van der Waals surface area contributed by atoms with Crippen molar-refractivity contribution < 1.29 is 22.7 Å². The molecule has 1 fully saturated rings. The van der Waals surface area contributed by atoms with Crippen LogP contribution in [0.5, 0.6) is 0 Å². The number of methoxy groups -OCH3 is 1. The number of ether oxygens (including phenoxy) is 1. The van der Waals surface area contributed by atoms with E-state index in [0.717, 1.165) is 0 Å². The monoisotopic (exact) mass is 383 g/mol. The highest BCUT2D eigenvalue weighted by Gasteiger charge is 2.23. The maximum Gasteiger partial charge on any atom is 0.253 e. The van der Waals surface area contributed by atoms with Gasteiger partial charge in [0.1, 0.15) is 0 Å². The lowest BCUT2D eigenvalue weighted by Crippen LogP contribution is -2.50. The molecule has 1 aliphatic heterocycles. The van der Waals surface area contributed by atoms with Crippen molar-refractivity contribution in [3.8, 4) is 0 Å². The summed E-state index contributed by atoms with van der Waals surface area (Å²) in [6.07, 6.45) is 0.582. The fourth-order valence-corrected chi connectivity index (χ4v) is 3.76. The molecule has 1 saturated heterocycles. The Balaban J connectivity index is 1.96. The zero-order chi connectivity index (χ0) is 19.2. The van der Waals surface area contributed by atoms with Crippen LogP contribution in [0, 0.1) is 0 Å². The Bertz CT molecular complexity index is 725. The molecule has 9 heteroatoms. The summed E-state index contributed by atoms with van der Waals surface area (Å²) in [5, 5.41) is 0. The molecule has 0 spiro atoms. The number of piperazine rings is 1. The summed E-state index contributed by atoms with van der Waals surface area (Å²) in [4.78, 5) is 27.4. The standard InChI is InChI=1S/C17H25N3O5S/c1-14(21)19-9-11-20(12-10-19)17(22)15-4-6-16(7-5-15)26(23,24)18-8-3-13-25-2/h4-7,18H,3,8-13H2,1-2H3. The first-order chi connectivity index (χ1) is 12.3. The number of sulfonamides is 1. The zero-order valence-electron chi connectivity index (χ0n) is 15.1. The van der Waals surface area contributed by atoms with E-state index in [1.54, 1.807) is 16.9 Å². The summed E-state index contributed by atoms with van der Waals surface area (Å²) in [7, 11) is -2.04. The van der Waals surface area contributed by atoms with Gasteiger partial charge in [-0.2, -0.15) is 0 Å². The van der Waals surface area contributed by atoms with Crippen LogP contribution in [0.15, 0.2) is 29.2 Å². The van der Waals surface area contributed by atoms with Gasteiger partial charge in [0.15, 0.2) is 0 Å². The van der Waals surface area contributed by atoms with E-state index in [9.17, 15) is 18.0 Å². The number of amides is 2. The van der Waals surface area contributed by atoms with Gasteiger partial charge in [0, 0.05) is 58.9 Å². The van der Waals surface area contributed by atoms with Crippen LogP contribution in [-0.2, 0) is 19.6 Å². The van der Waals surface area contributed by atoms with Crippen LogP contribution in [0.3, 0.4) is 0 Å². The summed E-state index contributed by atoms with van der Waals surface area (Å²) < 4.78 is 31.8. The zero-order valence-corrected chi connectivity index (χ0v) is 15.9. The molecule has 144 valence electrons. The Morgan fingerprint density at radius 1 is 1.08 bits per heavy atom. The molecule has 1 aliphatic rings. The molecule has 0 aromatic heterocycles. The largest absolute Gasteiger partial charge is 0.385 e. The molecular weight excluding hydrogens is 358 g/mol. The summed E-state index contributed by atoms with van der Waals surface area (Å²) in [6.45, 7) is 4.25. The predicted octanol–water partition coefficient (Wildman–Crippen LogP) is 0.306. The molecule has 26 heavy (non-hydrogen) atoms. The first-order valence-corrected chi connectivity index (χ1v) is 9.97. The second-order valence-electron chi connectivity index (χ2n) is 6.07. The summed E-state index contributed by atoms with van der Waals surface area (Å²) in [5.41, 5.74) is 0.430. The molecule has 0 bridgehead atoms. The molecule has 2 rings (SSSR count). The highest BCUT2D eigenvalue weighted by molar-refractivity contribution is 7.89. The Morgan fingerprint density at radius 2 is 1.65 bits per heavy atom. The molecule has 0 unspecified atom stereocenters. The van der Waals surface area contributed by atoms with Crippen molar-refractivity contribution in [2.24, 2.45) is 0 Å². The van der Waals surface area contributed by atoms with Crippen molar-refractivity contribution in [3.63, 3.8) is 0 Å². The number of carbonyl (C=O) groups excluding carboxylic acids is 2. The summed E-state index contributed by atoms with van der Waals surface area (Å²) >= 11 is 0. The van der Waals surface area contributed by atoms with Crippen LogP contribution in [-0.4, -0.2) is 76.5 Å². The molecule has 0 aliphatic carbocycles. The average Bonchev–Trinajstić information content (AvgIpc) is 2.65. The van der Waals surface area contributed by atoms with E-state index in [1.165, 1.54) is 31.2 Å². The third-order valence-corrected chi connectivity index (χ3v) is 5.72. The van der Waals surface area contributed by atoms with Crippen molar-refractivity contribution in [1.29, 1.82) is 0 Å². The van der Waals surface area contributed by atoms with Crippen molar-refractivity contribution in [3.05, 3.63) is 29.8 Å². The predicted molar refractivity (Wildman–Crippen MR) is 96.3 cm³/mol. The van der Waals surface area contributed by atoms with Gasteiger partial charge in [-0.15, -0.1) is 0 Å². The maximum absolute atomic E-state index is 12.5. The van der Waals surface area contributed by atoms with Crippen LogP contribution < -0.4 is 4.72 Å². The molecule has 1 heterocycles. The Kier molecular flexibility index (Phi) is 7.13. The number of nitrogens with zero attached hydrogens (tertiary/aromatic N) is 2. The van der Waals surface area contributed by atoms with Gasteiger partial charge in [0.25, 0.3) is 5.91 Å². The van der Waals surface area contributed by atoms with E-state index < -0.39 is 10.0 Å². The Hall–Kier alpha value is -1.97. The summed E-state index contributed by atoms with van der Waals surface area (Å²) in [5.74, 6) is -0.158. The van der Waals surface area contributed by atoms with Crippen molar-refractivity contribution >= 4 is 21.8 Å². The minimum atomic E-state index is -3.60. The normalized spacial score (nSPS) is 15.2. The number of rotatable bonds is 7. The summed E-state index contributed by atoms with van der Waals surface area (Å²) in [6, 6.07) is 5.89.